The predicted octanol–water partition coefficient (Wildman–Crippen LogP) is 4.43. The van der Waals surface area contributed by atoms with Crippen LogP contribution in [0.4, 0.5) is 8.78 Å². The number of rotatable bonds is 3. The van der Waals surface area contributed by atoms with Gasteiger partial charge in [-0.05, 0) is 42.3 Å². The summed E-state index contributed by atoms with van der Waals surface area (Å²) in [5.41, 5.74) is 1.97. The van der Waals surface area contributed by atoms with Crippen LogP contribution in [0.1, 0.15) is 31.8 Å². The molecular formula is C18H17BrF2O4. The number of halogens is 3. The summed E-state index contributed by atoms with van der Waals surface area (Å²) in [4.78, 5) is 22.1. The first kappa shape index (κ1) is 20.8. The number of hydrogen-bond donors (Lipinski definition) is 0. The van der Waals surface area contributed by atoms with Gasteiger partial charge < -0.3 is 9.47 Å². The highest BCUT2D eigenvalue weighted by atomic mass is 79.9. The quantitative estimate of drug-likeness (QED) is 0.550. The van der Waals surface area contributed by atoms with Gasteiger partial charge >= 0.3 is 11.9 Å². The van der Waals surface area contributed by atoms with E-state index in [1.807, 2.05) is 0 Å². The molecule has 0 radical (unpaired) electrons. The van der Waals surface area contributed by atoms with Crippen LogP contribution in [0, 0.1) is 18.6 Å². The summed E-state index contributed by atoms with van der Waals surface area (Å²) in [7, 11) is 2.54. The number of ether oxygens (including phenoxy) is 2. The number of aryl methyl sites for hydroxylation is 1. The topological polar surface area (TPSA) is 52.6 Å². The minimum absolute atomic E-state index is 0.263. The average Bonchev–Trinajstić information content (AvgIpc) is 2.62. The first-order valence-corrected chi connectivity index (χ1v) is 8.23. The van der Waals surface area contributed by atoms with Crippen LogP contribution >= 0.6 is 15.9 Å². The molecule has 0 aliphatic carbocycles. The summed E-state index contributed by atoms with van der Waals surface area (Å²) in [5, 5.41) is 0.498. The number of benzene rings is 2. The molecule has 0 fully saturated rings. The van der Waals surface area contributed by atoms with E-state index in [-0.39, 0.29) is 11.1 Å². The number of carbonyl (C=O) groups excluding carboxylic acids is 2. The highest BCUT2D eigenvalue weighted by Gasteiger charge is 2.11. The van der Waals surface area contributed by atoms with E-state index < -0.39 is 23.6 Å². The zero-order valence-electron chi connectivity index (χ0n) is 13.9. The van der Waals surface area contributed by atoms with Crippen molar-refractivity contribution in [3.8, 4) is 0 Å². The molecule has 0 atom stereocenters. The highest BCUT2D eigenvalue weighted by Crippen LogP contribution is 2.15. The molecule has 0 N–H and O–H groups in total. The lowest BCUT2D eigenvalue weighted by Crippen LogP contribution is -2.05. The van der Waals surface area contributed by atoms with Gasteiger partial charge in [0.05, 0.1) is 25.3 Å². The lowest BCUT2D eigenvalue weighted by Gasteiger charge is -2.04. The second-order valence-electron chi connectivity index (χ2n) is 4.88. The maximum atomic E-state index is 12.8. The number of carbonyl (C=O) groups is 2. The van der Waals surface area contributed by atoms with E-state index in [1.54, 1.807) is 19.1 Å². The lowest BCUT2D eigenvalue weighted by atomic mass is 10.1. The largest absolute Gasteiger partial charge is 0.465 e. The third kappa shape index (κ3) is 5.94. The summed E-state index contributed by atoms with van der Waals surface area (Å²) < 4.78 is 34.4. The molecular weight excluding hydrogens is 398 g/mol. The third-order valence-corrected chi connectivity index (χ3v) is 3.83. The van der Waals surface area contributed by atoms with Gasteiger partial charge in [-0.3, -0.25) is 0 Å². The van der Waals surface area contributed by atoms with Crippen molar-refractivity contribution < 1.29 is 27.8 Å². The third-order valence-electron chi connectivity index (χ3n) is 3.23. The molecule has 0 saturated carbocycles. The summed E-state index contributed by atoms with van der Waals surface area (Å²) in [6, 6.07) is 8.05. The Morgan fingerprint density at radius 3 is 1.92 bits per heavy atom. The van der Waals surface area contributed by atoms with E-state index in [2.05, 4.69) is 25.4 Å². The van der Waals surface area contributed by atoms with Crippen LogP contribution in [-0.2, 0) is 14.8 Å². The summed E-state index contributed by atoms with van der Waals surface area (Å²) >= 11 is 3.20. The van der Waals surface area contributed by atoms with Crippen molar-refractivity contribution in [2.24, 2.45) is 0 Å². The molecule has 4 nitrogen and oxygen atoms in total. The highest BCUT2D eigenvalue weighted by molar-refractivity contribution is 9.08. The zero-order valence-corrected chi connectivity index (χ0v) is 15.5. The van der Waals surface area contributed by atoms with Crippen LogP contribution in [-0.4, -0.2) is 26.2 Å². The van der Waals surface area contributed by atoms with Gasteiger partial charge in [0.1, 0.15) is 11.6 Å². The van der Waals surface area contributed by atoms with E-state index >= 15 is 0 Å². The maximum absolute atomic E-state index is 12.8. The Morgan fingerprint density at radius 1 is 0.920 bits per heavy atom. The summed E-state index contributed by atoms with van der Waals surface area (Å²) in [6.45, 7) is 1.73. The molecule has 0 spiro atoms. The molecule has 134 valence electrons. The fourth-order valence-electron chi connectivity index (χ4n) is 1.89. The number of alkyl halides is 1. The Hall–Kier alpha value is -2.28. The number of esters is 2. The van der Waals surface area contributed by atoms with E-state index in [4.69, 9.17) is 0 Å². The Morgan fingerprint density at radius 2 is 1.40 bits per heavy atom. The molecule has 0 amide bonds. The normalized spacial score (nSPS) is 9.68. The van der Waals surface area contributed by atoms with E-state index in [0.29, 0.717) is 16.5 Å². The van der Waals surface area contributed by atoms with Crippen molar-refractivity contribution in [3.63, 3.8) is 0 Å². The molecule has 7 heteroatoms. The van der Waals surface area contributed by atoms with Crippen molar-refractivity contribution in [2.75, 3.05) is 14.2 Å². The van der Waals surface area contributed by atoms with Crippen LogP contribution < -0.4 is 0 Å². The number of hydrogen-bond acceptors (Lipinski definition) is 4. The van der Waals surface area contributed by atoms with Crippen LogP contribution in [0.25, 0.3) is 0 Å². The van der Waals surface area contributed by atoms with Crippen LogP contribution in [0.2, 0.25) is 0 Å². The Bertz CT molecular complexity index is 763. The molecule has 0 heterocycles. The van der Waals surface area contributed by atoms with Gasteiger partial charge in [-0.1, -0.05) is 28.1 Å². The molecule has 0 bridgehead atoms. The van der Waals surface area contributed by atoms with Crippen molar-refractivity contribution >= 4 is 27.9 Å². The first-order valence-electron chi connectivity index (χ1n) is 7.11. The van der Waals surface area contributed by atoms with Gasteiger partial charge in [0.2, 0.25) is 0 Å². The fourth-order valence-corrected chi connectivity index (χ4v) is 2.38. The zero-order chi connectivity index (χ0) is 19.0. The first-order chi connectivity index (χ1) is 11.8. The van der Waals surface area contributed by atoms with Crippen molar-refractivity contribution in [1.82, 2.24) is 0 Å². The summed E-state index contributed by atoms with van der Waals surface area (Å²) in [6.07, 6.45) is 0. The molecule has 0 saturated heterocycles. The minimum Gasteiger partial charge on any atom is -0.465 e. The van der Waals surface area contributed by atoms with Gasteiger partial charge in [0.15, 0.2) is 0 Å². The number of methoxy groups -OCH3 is 2. The Balaban J connectivity index is 0.000000251. The molecule has 0 aromatic heterocycles. The monoisotopic (exact) mass is 414 g/mol. The van der Waals surface area contributed by atoms with Gasteiger partial charge in [0, 0.05) is 5.33 Å². The Labute approximate surface area is 152 Å². The van der Waals surface area contributed by atoms with Crippen LogP contribution in [0.5, 0.6) is 0 Å². The minimum atomic E-state index is -0.519. The molecule has 2 aromatic carbocycles. The fraction of sp³-hybridized carbons (Fsp3) is 0.222. The Kier molecular flexibility index (Phi) is 8.21. The molecule has 0 unspecified atom stereocenters. The lowest BCUT2D eigenvalue weighted by molar-refractivity contribution is 0.0590. The van der Waals surface area contributed by atoms with Gasteiger partial charge in [0.25, 0.3) is 0 Å². The smallest absolute Gasteiger partial charge is 0.338 e. The SMILES string of the molecule is COC(=O)c1cc(F)ccc1C.COC(=O)c1cc(F)ccc1CBr. The van der Waals surface area contributed by atoms with E-state index in [1.165, 1.54) is 38.5 Å². The molecule has 25 heavy (non-hydrogen) atoms. The molecule has 2 rings (SSSR count). The second kappa shape index (κ2) is 9.88. The van der Waals surface area contributed by atoms with Crippen molar-refractivity contribution in [1.29, 1.82) is 0 Å². The van der Waals surface area contributed by atoms with Crippen LogP contribution in [0.3, 0.4) is 0 Å². The van der Waals surface area contributed by atoms with E-state index in [0.717, 1.165) is 0 Å². The standard InChI is InChI=1S/C9H8BrFO2.C9H9FO2/c1-13-9(12)8-4-7(11)3-2-6(8)5-10;1-6-3-4-7(10)5-8(6)9(11)12-2/h2-4H,5H2,1H3;3-5H,1-2H3. The average molecular weight is 415 g/mol. The maximum Gasteiger partial charge on any atom is 0.338 e. The van der Waals surface area contributed by atoms with Crippen LogP contribution in [0.15, 0.2) is 36.4 Å². The van der Waals surface area contributed by atoms with Gasteiger partial charge in [-0.25, -0.2) is 18.4 Å². The van der Waals surface area contributed by atoms with Crippen molar-refractivity contribution in [2.45, 2.75) is 12.3 Å². The molecule has 0 aliphatic heterocycles. The molecule has 2 aromatic rings. The second-order valence-corrected chi connectivity index (χ2v) is 5.44. The van der Waals surface area contributed by atoms with E-state index in [9.17, 15) is 18.4 Å². The van der Waals surface area contributed by atoms with Gasteiger partial charge in [-0.15, -0.1) is 0 Å². The van der Waals surface area contributed by atoms with Crippen molar-refractivity contribution in [3.05, 3.63) is 70.3 Å². The molecule has 0 aliphatic rings. The summed E-state index contributed by atoms with van der Waals surface area (Å²) in [5.74, 6) is -1.90. The van der Waals surface area contributed by atoms with Gasteiger partial charge in [-0.2, -0.15) is 0 Å². The predicted molar refractivity (Wildman–Crippen MR) is 92.8 cm³/mol.